The lowest BCUT2D eigenvalue weighted by Gasteiger charge is -2.15. The zero-order valence-corrected chi connectivity index (χ0v) is 22.1. The molecule has 2 heterocycles. The highest BCUT2D eigenvalue weighted by atomic mass is 127. The van der Waals surface area contributed by atoms with E-state index in [4.69, 9.17) is 0 Å². The summed E-state index contributed by atoms with van der Waals surface area (Å²) < 4.78 is 26.8. The Kier molecular flexibility index (Phi) is 10.7. The van der Waals surface area contributed by atoms with E-state index in [1.54, 1.807) is 27.8 Å². The second-order valence-corrected chi connectivity index (χ2v) is 10.3. The predicted molar refractivity (Wildman–Crippen MR) is 138 cm³/mol. The molecule has 10 heteroatoms. The number of aryl methyl sites for hydroxylation is 1. The summed E-state index contributed by atoms with van der Waals surface area (Å²) in [5.41, 5.74) is 0.972. The van der Waals surface area contributed by atoms with E-state index in [-0.39, 0.29) is 24.0 Å². The van der Waals surface area contributed by atoms with Crippen molar-refractivity contribution in [2.24, 2.45) is 4.99 Å². The Labute approximate surface area is 206 Å². The molecule has 1 aliphatic rings. The van der Waals surface area contributed by atoms with Gasteiger partial charge in [0.05, 0.1) is 16.4 Å². The van der Waals surface area contributed by atoms with Crippen LogP contribution in [-0.4, -0.2) is 49.8 Å². The maximum Gasteiger partial charge on any atom is 0.243 e. The molecule has 7 nitrogen and oxygen atoms in total. The Morgan fingerprint density at radius 1 is 1.16 bits per heavy atom. The van der Waals surface area contributed by atoms with Gasteiger partial charge in [0.2, 0.25) is 10.0 Å². The fraction of sp³-hybridized carbons (Fsp3) is 0.524. The number of guanidine groups is 1. The van der Waals surface area contributed by atoms with Gasteiger partial charge in [0.25, 0.3) is 0 Å². The van der Waals surface area contributed by atoms with Gasteiger partial charge in [-0.05, 0) is 43.9 Å². The molecular weight excluding hydrogens is 545 g/mol. The number of aliphatic imine (C=N–C) groups is 1. The molecule has 2 N–H and O–H groups in total. The number of rotatable bonds is 9. The van der Waals surface area contributed by atoms with E-state index in [1.807, 2.05) is 25.3 Å². The van der Waals surface area contributed by atoms with Crippen LogP contribution in [0.25, 0.3) is 0 Å². The second-order valence-electron chi connectivity index (χ2n) is 7.20. The zero-order chi connectivity index (χ0) is 21.4. The summed E-state index contributed by atoms with van der Waals surface area (Å²) in [7, 11) is -3.37. The van der Waals surface area contributed by atoms with E-state index in [2.05, 4.69) is 27.5 Å². The average molecular weight is 578 g/mol. The van der Waals surface area contributed by atoms with Gasteiger partial charge < -0.3 is 10.6 Å². The Hall–Kier alpha value is -1.24. The molecule has 0 saturated carbocycles. The normalized spacial score (nSPS) is 15.0. The number of sulfonamides is 1. The minimum Gasteiger partial charge on any atom is -0.357 e. The minimum absolute atomic E-state index is 0. The number of thiazole rings is 1. The third-order valence-electron chi connectivity index (χ3n) is 4.97. The largest absolute Gasteiger partial charge is 0.357 e. The molecular formula is C21H32IN5O2S2. The highest BCUT2D eigenvalue weighted by molar-refractivity contribution is 14.0. The summed E-state index contributed by atoms with van der Waals surface area (Å²) in [6.07, 6.45) is 5.71. The van der Waals surface area contributed by atoms with Gasteiger partial charge in [-0.1, -0.05) is 19.1 Å². The molecule has 3 rings (SSSR count). The third-order valence-corrected chi connectivity index (χ3v) is 8.09. The monoisotopic (exact) mass is 577 g/mol. The number of hydrogen-bond acceptors (Lipinski definition) is 5. The molecule has 0 bridgehead atoms. The van der Waals surface area contributed by atoms with Gasteiger partial charge in [-0.15, -0.1) is 35.3 Å². The van der Waals surface area contributed by atoms with E-state index in [1.165, 1.54) is 4.88 Å². The molecule has 0 aliphatic carbocycles. The van der Waals surface area contributed by atoms with Crippen molar-refractivity contribution in [3.63, 3.8) is 0 Å². The van der Waals surface area contributed by atoms with Crippen molar-refractivity contribution in [2.75, 3.05) is 26.2 Å². The molecule has 0 radical (unpaired) electrons. The summed E-state index contributed by atoms with van der Waals surface area (Å²) in [5, 5.41) is 7.72. The van der Waals surface area contributed by atoms with Crippen LogP contribution in [0.1, 0.15) is 42.1 Å². The number of aromatic nitrogens is 1. The van der Waals surface area contributed by atoms with Crippen molar-refractivity contribution >= 4 is 51.3 Å². The van der Waals surface area contributed by atoms with Crippen LogP contribution in [0, 0.1) is 0 Å². The standard InChI is InChI=1S/C21H31N5O2S2.HI/c1-3-18-16-24-20(29-18)11-12-23-21(22-4-2)25-15-17-7-9-19(10-8-17)30(27,28)26-13-5-6-14-26;/h7-10,16H,3-6,11-15H2,1-2H3,(H2,22,23,25);1H. The van der Waals surface area contributed by atoms with Gasteiger partial charge in [0.15, 0.2) is 5.96 Å². The van der Waals surface area contributed by atoms with E-state index in [9.17, 15) is 8.42 Å². The Bertz CT molecular complexity index is 939. The lowest BCUT2D eigenvalue weighted by molar-refractivity contribution is 0.477. The summed E-state index contributed by atoms with van der Waals surface area (Å²) >= 11 is 1.76. The summed E-state index contributed by atoms with van der Waals surface area (Å²) in [4.78, 5) is 10.7. The number of halogens is 1. The summed E-state index contributed by atoms with van der Waals surface area (Å²) in [6.45, 7) is 7.42. The average Bonchev–Trinajstić information content (AvgIpc) is 3.45. The number of benzene rings is 1. The van der Waals surface area contributed by atoms with Gasteiger partial charge in [0, 0.05) is 43.7 Å². The molecule has 0 spiro atoms. The highest BCUT2D eigenvalue weighted by Gasteiger charge is 2.26. The highest BCUT2D eigenvalue weighted by Crippen LogP contribution is 2.21. The number of nitrogens with zero attached hydrogens (tertiary/aromatic N) is 3. The first-order valence-electron chi connectivity index (χ1n) is 10.6. The minimum atomic E-state index is -3.37. The lowest BCUT2D eigenvalue weighted by Crippen LogP contribution is -2.38. The molecule has 31 heavy (non-hydrogen) atoms. The predicted octanol–water partition coefficient (Wildman–Crippen LogP) is 3.41. The summed E-state index contributed by atoms with van der Waals surface area (Å²) in [6, 6.07) is 7.06. The molecule has 1 aromatic heterocycles. The molecule has 1 fully saturated rings. The van der Waals surface area contributed by atoms with Crippen molar-refractivity contribution in [1.82, 2.24) is 19.9 Å². The van der Waals surface area contributed by atoms with Gasteiger partial charge in [-0.3, -0.25) is 0 Å². The maximum atomic E-state index is 12.6. The molecule has 0 atom stereocenters. The van der Waals surface area contributed by atoms with E-state index < -0.39 is 10.0 Å². The fourth-order valence-corrected chi connectivity index (χ4v) is 5.65. The smallest absolute Gasteiger partial charge is 0.243 e. The fourth-order valence-electron chi connectivity index (χ4n) is 3.27. The van der Waals surface area contributed by atoms with Crippen molar-refractivity contribution in [1.29, 1.82) is 0 Å². The van der Waals surface area contributed by atoms with Crippen molar-refractivity contribution < 1.29 is 8.42 Å². The van der Waals surface area contributed by atoms with Crippen LogP contribution < -0.4 is 10.6 Å². The van der Waals surface area contributed by atoms with Gasteiger partial charge in [-0.25, -0.2) is 18.4 Å². The molecule has 1 aliphatic heterocycles. The van der Waals surface area contributed by atoms with E-state index in [0.29, 0.717) is 24.5 Å². The molecule has 172 valence electrons. The summed E-state index contributed by atoms with van der Waals surface area (Å²) in [5.74, 6) is 0.749. The van der Waals surface area contributed by atoms with E-state index >= 15 is 0 Å². The third kappa shape index (κ3) is 7.40. The van der Waals surface area contributed by atoms with Crippen LogP contribution in [0.4, 0.5) is 0 Å². The molecule has 2 aromatic rings. The maximum absolute atomic E-state index is 12.6. The Morgan fingerprint density at radius 3 is 2.48 bits per heavy atom. The van der Waals surface area contributed by atoms with Gasteiger partial charge in [0.1, 0.15) is 0 Å². The molecule has 0 amide bonds. The first kappa shape index (κ1) is 26.0. The van der Waals surface area contributed by atoms with Crippen molar-refractivity contribution in [3.05, 3.63) is 45.9 Å². The first-order chi connectivity index (χ1) is 14.5. The SMILES string of the molecule is CCNC(=NCc1ccc(S(=O)(=O)N2CCCC2)cc1)NCCc1ncc(CC)s1.I. The number of hydrogen-bond donors (Lipinski definition) is 2. The molecule has 1 aromatic carbocycles. The lowest BCUT2D eigenvalue weighted by atomic mass is 10.2. The zero-order valence-electron chi connectivity index (χ0n) is 18.1. The van der Waals surface area contributed by atoms with Crippen LogP contribution in [0.3, 0.4) is 0 Å². The molecule has 1 saturated heterocycles. The van der Waals surface area contributed by atoms with Crippen LogP contribution in [0.5, 0.6) is 0 Å². The topological polar surface area (TPSA) is 86.7 Å². The quantitative estimate of drug-likeness (QED) is 0.271. The van der Waals surface area contributed by atoms with Crippen LogP contribution in [-0.2, 0) is 29.4 Å². The first-order valence-corrected chi connectivity index (χ1v) is 12.8. The molecule has 0 unspecified atom stereocenters. The Balaban J connectivity index is 0.00000341. The number of nitrogens with one attached hydrogen (secondary N) is 2. The van der Waals surface area contributed by atoms with Crippen LogP contribution >= 0.6 is 35.3 Å². The van der Waals surface area contributed by atoms with Gasteiger partial charge >= 0.3 is 0 Å². The van der Waals surface area contributed by atoms with Crippen molar-refractivity contribution in [3.8, 4) is 0 Å². The van der Waals surface area contributed by atoms with Crippen LogP contribution in [0.15, 0.2) is 40.4 Å². The van der Waals surface area contributed by atoms with Crippen LogP contribution in [0.2, 0.25) is 0 Å². The van der Waals surface area contributed by atoms with Crippen molar-refractivity contribution in [2.45, 2.75) is 51.0 Å². The Morgan fingerprint density at radius 2 is 1.87 bits per heavy atom. The second kappa shape index (κ2) is 12.7. The van der Waals surface area contributed by atoms with E-state index in [0.717, 1.165) is 55.3 Å². The van der Waals surface area contributed by atoms with Gasteiger partial charge in [-0.2, -0.15) is 4.31 Å².